The second-order valence-electron chi connectivity index (χ2n) is 4.58. The van der Waals surface area contributed by atoms with E-state index >= 15 is 0 Å². The molecule has 94 valence electrons. The van der Waals surface area contributed by atoms with E-state index in [0.29, 0.717) is 5.69 Å². The van der Waals surface area contributed by atoms with Crippen LogP contribution >= 0.6 is 0 Å². The number of nitrogens with one attached hydrogen (secondary N) is 1. The maximum atomic E-state index is 12.1. The van der Waals surface area contributed by atoms with Gasteiger partial charge in [-0.05, 0) is 51.0 Å². The third kappa shape index (κ3) is 1.90. The van der Waals surface area contributed by atoms with Gasteiger partial charge >= 0.3 is 0 Å². The number of Topliss-reactive ketones (excluding diaryl/α,β-unsaturated/α-hetero) is 1. The fraction of sp³-hybridized carbons (Fsp3) is 0.286. The zero-order valence-electron chi connectivity index (χ0n) is 11.0. The molecule has 1 heterocycles. The molecule has 0 aliphatic rings. The van der Waals surface area contributed by atoms with Crippen molar-refractivity contribution in [2.24, 2.45) is 0 Å². The smallest absolute Gasteiger partial charge is 0.282 e. The Balaban J connectivity index is 2.65. The molecule has 0 saturated carbocycles. The number of aromatic amines is 1. The van der Waals surface area contributed by atoms with Gasteiger partial charge in [0.25, 0.3) is 5.56 Å². The average Bonchev–Trinajstić information content (AvgIpc) is 2.58. The number of hydrogen-bond donors (Lipinski definition) is 1. The van der Waals surface area contributed by atoms with Crippen molar-refractivity contribution in [1.29, 1.82) is 0 Å². The summed E-state index contributed by atoms with van der Waals surface area (Å²) in [6, 6.07) is 5.75. The lowest BCUT2D eigenvalue weighted by Gasteiger charge is -2.05. The van der Waals surface area contributed by atoms with Crippen LogP contribution in [0.5, 0.6) is 0 Å². The molecule has 18 heavy (non-hydrogen) atoms. The van der Waals surface area contributed by atoms with E-state index in [1.54, 1.807) is 6.92 Å². The highest BCUT2D eigenvalue weighted by molar-refractivity contribution is 5.94. The topological polar surface area (TPSA) is 54.9 Å². The zero-order chi connectivity index (χ0) is 13.4. The lowest BCUT2D eigenvalue weighted by molar-refractivity contribution is 0.101. The number of hydrogen-bond acceptors (Lipinski definition) is 2. The molecule has 0 amide bonds. The standard InChI is InChI=1S/C14H16N2O2/c1-8-5-6-12(7-9(8)2)16-14(18)13(11(4)17)10(3)15-16/h5-7,15H,1-4H3. The molecular weight excluding hydrogens is 228 g/mol. The third-order valence-corrected chi connectivity index (χ3v) is 3.17. The van der Waals surface area contributed by atoms with E-state index < -0.39 is 0 Å². The lowest BCUT2D eigenvalue weighted by atomic mass is 10.1. The number of nitrogens with zero attached hydrogens (tertiary/aromatic N) is 1. The van der Waals surface area contributed by atoms with E-state index in [1.165, 1.54) is 17.2 Å². The van der Waals surface area contributed by atoms with Crippen LogP contribution in [0.3, 0.4) is 0 Å². The van der Waals surface area contributed by atoms with Crippen LogP contribution in [0.4, 0.5) is 0 Å². The van der Waals surface area contributed by atoms with Crippen molar-refractivity contribution in [3.8, 4) is 5.69 Å². The van der Waals surface area contributed by atoms with E-state index in [1.807, 2.05) is 32.0 Å². The molecule has 0 spiro atoms. The Morgan fingerprint density at radius 2 is 1.83 bits per heavy atom. The fourth-order valence-corrected chi connectivity index (χ4v) is 2.01. The summed E-state index contributed by atoms with van der Waals surface area (Å²) < 4.78 is 1.42. The maximum absolute atomic E-state index is 12.1. The minimum Gasteiger partial charge on any atom is -0.295 e. The van der Waals surface area contributed by atoms with E-state index in [0.717, 1.165) is 11.3 Å². The number of carbonyl (C=O) groups is 1. The number of rotatable bonds is 2. The third-order valence-electron chi connectivity index (χ3n) is 3.17. The summed E-state index contributed by atoms with van der Waals surface area (Å²) in [4.78, 5) is 23.6. The molecule has 0 bridgehead atoms. The summed E-state index contributed by atoms with van der Waals surface area (Å²) in [5.74, 6) is -0.212. The van der Waals surface area contributed by atoms with Crippen molar-refractivity contribution >= 4 is 5.78 Å². The van der Waals surface area contributed by atoms with Crippen LogP contribution in [0.1, 0.15) is 34.1 Å². The van der Waals surface area contributed by atoms with Crippen molar-refractivity contribution in [3.05, 3.63) is 50.9 Å². The van der Waals surface area contributed by atoms with Gasteiger partial charge in [0, 0.05) is 5.69 Å². The normalized spacial score (nSPS) is 10.7. The SMILES string of the molecule is CC(=O)c1c(C)[nH]n(-c2ccc(C)c(C)c2)c1=O. The van der Waals surface area contributed by atoms with Crippen LogP contribution in [0.2, 0.25) is 0 Å². The lowest BCUT2D eigenvalue weighted by Crippen LogP contribution is -2.19. The molecule has 2 rings (SSSR count). The van der Waals surface area contributed by atoms with Gasteiger partial charge in [0.2, 0.25) is 0 Å². The van der Waals surface area contributed by atoms with Crippen LogP contribution in [0.15, 0.2) is 23.0 Å². The van der Waals surface area contributed by atoms with Gasteiger partial charge in [0.1, 0.15) is 5.56 Å². The maximum Gasteiger partial charge on any atom is 0.282 e. The average molecular weight is 244 g/mol. The first-order chi connectivity index (χ1) is 8.41. The monoisotopic (exact) mass is 244 g/mol. The van der Waals surface area contributed by atoms with Gasteiger partial charge in [-0.25, -0.2) is 4.68 Å². The van der Waals surface area contributed by atoms with Crippen molar-refractivity contribution in [2.75, 3.05) is 0 Å². The van der Waals surface area contributed by atoms with Crippen LogP contribution in [-0.2, 0) is 0 Å². The predicted octanol–water partition coefficient (Wildman–Crippen LogP) is 2.29. The van der Waals surface area contributed by atoms with Crippen LogP contribution in [-0.4, -0.2) is 15.6 Å². The molecule has 4 heteroatoms. The van der Waals surface area contributed by atoms with Gasteiger partial charge in [-0.3, -0.25) is 14.7 Å². The molecule has 2 aromatic rings. The molecule has 0 fully saturated rings. The van der Waals surface area contributed by atoms with Gasteiger partial charge in [-0.1, -0.05) is 6.07 Å². The summed E-state index contributed by atoms with van der Waals surface area (Å²) in [5.41, 5.74) is 3.57. The minimum atomic E-state index is -0.289. The van der Waals surface area contributed by atoms with E-state index in [9.17, 15) is 9.59 Å². The number of aryl methyl sites for hydroxylation is 3. The van der Waals surface area contributed by atoms with Gasteiger partial charge in [-0.2, -0.15) is 0 Å². The van der Waals surface area contributed by atoms with Crippen molar-refractivity contribution in [3.63, 3.8) is 0 Å². The summed E-state index contributed by atoms with van der Waals surface area (Å²) in [7, 11) is 0. The summed E-state index contributed by atoms with van der Waals surface area (Å²) >= 11 is 0. The zero-order valence-corrected chi connectivity index (χ0v) is 11.0. The number of H-pyrrole nitrogens is 1. The Kier molecular flexibility index (Phi) is 2.95. The molecule has 0 atom stereocenters. The first-order valence-electron chi connectivity index (χ1n) is 5.82. The van der Waals surface area contributed by atoms with Gasteiger partial charge in [-0.15, -0.1) is 0 Å². The first-order valence-corrected chi connectivity index (χ1v) is 5.82. The highest BCUT2D eigenvalue weighted by atomic mass is 16.2. The quantitative estimate of drug-likeness (QED) is 0.824. The summed E-state index contributed by atoms with van der Waals surface area (Å²) in [6.45, 7) is 7.15. The van der Waals surface area contributed by atoms with Crippen LogP contribution < -0.4 is 5.56 Å². The molecule has 0 aliphatic heterocycles. The van der Waals surface area contributed by atoms with Crippen LogP contribution in [0, 0.1) is 20.8 Å². The molecule has 4 nitrogen and oxygen atoms in total. The number of aromatic nitrogens is 2. The van der Waals surface area contributed by atoms with Gasteiger partial charge in [0.15, 0.2) is 5.78 Å². The number of carbonyl (C=O) groups excluding carboxylic acids is 1. The Hall–Kier alpha value is -2.10. The van der Waals surface area contributed by atoms with E-state index in [-0.39, 0.29) is 16.9 Å². The molecule has 0 unspecified atom stereocenters. The Morgan fingerprint density at radius 3 is 2.33 bits per heavy atom. The van der Waals surface area contributed by atoms with Crippen molar-refractivity contribution in [2.45, 2.75) is 27.7 Å². The molecule has 0 saturated heterocycles. The second kappa shape index (κ2) is 4.29. The highest BCUT2D eigenvalue weighted by Gasteiger charge is 2.15. The van der Waals surface area contributed by atoms with Gasteiger partial charge in [0.05, 0.1) is 5.69 Å². The molecular formula is C14H16N2O2. The van der Waals surface area contributed by atoms with Crippen LogP contribution in [0.25, 0.3) is 5.69 Å². The summed E-state index contributed by atoms with van der Waals surface area (Å²) in [5, 5.41) is 2.94. The van der Waals surface area contributed by atoms with E-state index in [2.05, 4.69) is 5.10 Å². The largest absolute Gasteiger partial charge is 0.295 e. The Bertz CT molecular complexity index is 678. The fourth-order valence-electron chi connectivity index (χ4n) is 2.01. The molecule has 0 aliphatic carbocycles. The first kappa shape index (κ1) is 12.4. The van der Waals surface area contributed by atoms with Crippen molar-refractivity contribution in [1.82, 2.24) is 9.78 Å². The van der Waals surface area contributed by atoms with E-state index in [4.69, 9.17) is 0 Å². The summed E-state index contributed by atoms with van der Waals surface area (Å²) in [6.07, 6.45) is 0. The second-order valence-corrected chi connectivity index (χ2v) is 4.58. The molecule has 1 N–H and O–H groups in total. The molecule has 0 radical (unpaired) electrons. The minimum absolute atomic E-state index is 0.212. The Labute approximate surface area is 105 Å². The van der Waals surface area contributed by atoms with Gasteiger partial charge < -0.3 is 0 Å². The number of benzene rings is 1. The number of ketones is 1. The van der Waals surface area contributed by atoms with Crippen molar-refractivity contribution < 1.29 is 4.79 Å². The molecule has 1 aromatic heterocycles. The predicted molar refractivity (Wildman–Crippen MR) is 70.6 cm³/mol. The molecule has 1 aromatic carbocycles. The highest BCUT2D eigenvalue weighted by Crippen LogP contribution is 2.13. The Morgan fingerprint density at radius 1 is 1.17 bits per heavy atom.